The number of hydrogen-bond donors (Lipinski definition) is 0. The monoisotopic (exact) mass is 481 g/mol. The fraction of sp³-hybridized carbons (Fsp3) is 0.208. The predicted octanol–water partition coefficient (Wildman–Crippen LogP) is 4.90. The minimum atomic E-state index is -3.60. The third kappa shape index (κ3) is 4.85. The summed E-state index contributed by atoms with van der Waals surface area (Å²) in [4.78, 5) is 13.0. The number of thioether (sulfide) groups is 1. The molecule has 0 bridgehead atoms. The Morgan fingerprint density at radius 2 is 1.70 bits per heavy atom. The first-order chi connectivity index (χ1) is 15.9. The van der Waals surface area contributed by atoms with Crippen LogP contribution in [0.1, 0.15) is 24.2 Å². The number of fused-ring (bicyclic) bond motifs is 1. The SMILES string of the molecule is CCN(CC)S(=O)(=O)c1cccc(-c2nnc(SCC(=O)c3cccc4ccccc34)o2)c1. The van der Waals surface area contributed by atoms with E-state index in [2.05, 4.69) is 10.2 Å². The van der Waals surface area contributed by atoms with Crippen LogP contribution in [0.3, 0.4) is 0 Å². The van der Waals surface area contributed by atoms with Gasteiger partial charge in [-0.05, 0) is 29.0 Å². The van der Waals surface area contributed by atoms with Gasteiger partial charge in [-0.1, -0.05) is 74.1 Å². The summed E-state index contributed by atoms with van der Waals surface area (Å²) in [7, 11) is -3.60. The molecule has 4 aromatic rings. The molecule has 0 unspecified atom stereocenters. The highest BCUT2D eigenvalue weighted by molar-refractivity contribution is 7.99. The van der Waals surface area contributed by atoms with Gasteiger partial charge in [0.05, 0.1) is 10.6 Å². The van der Waals surface area contributed by atoms with Gasteiger partial charge >= 0.3 is 0 Å². The lowest BCUT2D eigenvalue weighted by molar-refractivity contribution is 0.102. The summed E-state index contributed by atoms with van der Waals surface area (Å²) in [5, 5.41) is 10.2. The standard InChI is InChI=1S/C24H23N3O4S2/c1-3-27(4-2)33(29,30)19-12-7-11-18(15-19)23-25-26-24(31-23)32-16-22(28)21-14-8-10-17-9-5-6-13-20(17)21/h5-15H,3-4,16H2,1-2H3. The van der Waals surface area contributed by atoms with Crippen LogP contribution >= 0.6 is 11.8 Å². The number of carbonyl (C=O) groups is 1. The number of Topliss-reactive ketones (excluding diaryl/α,β-unsaturated/α-hetero) is 1. The molecule has 33 heavy (non-hydrogen) atoms. The van der Waals surface area contributed by atoms with Crippen molar-refractivity contribution in [2.24, 2.45) is 0 Å². The molecule has 0 radical (unpaired) electrons. The van der Waals surface area contributed by atoms with Gasteiger partial charge in [0, 0.05) is 24.2 Å². The number of nitrogens with zero attached hydrogens (tertiary/aromatic N) is 3. The van der Waals surface area contributed by atoms with Crippen molar-refractivity contribution in [2.75, 3.05) is 18.8 Å². The molecule has 0 amide bonds. The predicted molar refractivity (Wildman–Crippen MR) is 129 cm³/mol. The van der Waals surface area contributed by atoms with E-state index in [0.717, 1.165) is 22.5 Å². The molecule has 0 aliphatic rings. The molecular weight excluding hydrogens is 458 g/mol. The van der Waals surface area contributed by atoms with Gasteiger partial charge in [0.1, 0.15) is 0 Å². The Balaban J connectivity index is 1.50. The largest absolute Gasteiger partial charge is 0.411 e. The summed E-state index contributed by atoms with van der Waals surface area (Å²) < 4.78 is 32.7. The molecule has 0 saturated heterocycles. The zero-order chi connectivity index (χ0) is 23.4. The van der Waals surface area contributed by atoms with E-state index in [9.17, 15) is 13.2 Å². The van der Waals surface area contributed by atoms with Crippen molar-refractivity contribution in [3.05, 3.63) is 72.3 Å². The molecule has 3 aromatic carbocycles. The number of hydrogen-bond acceptors (Lipinski definition) is 7. The lowest BCUT2D eigenvalue weighted by Gasteiger charge is -2.18. The van der Waals surface area contributed by atoms with Crippen molar-refractivity contribution in [2.45, 2.75) is 24.0 Å². The first kappa shape index (κ1) is 23.2. The second-order valence-electron chi connectivity index (χ2n) is 7.23. The smallest absolute Gasteiger partial charge is 0.277 e. The van der Waals surface area contributed by atoms with Gasteiger partial charge in [-0.15, -0.1) is 10.2 Å². The van der Waals surface area contributed by atoms with Gasteiger partial charge in [0.2, 0.25) is 15.9 Å². The Morgan fingerprint density at radius 1 is 0.970 bits per heavy atom. The van der Waals surface area contributed by atoms with Crippen LogP contribution < -0.4 is 0 Å². The minimum absolute atomic E-state index is 0.0381. The van der Waals surface area contributed by atoms with Crippen LogP contribution in [0, 0.1) is 0 Å². The molecular formula is C24H23N3O4S2. The van der Waals surface area contributed by atoms with Crippen molar-refractivity contribution < 1.29 is 17.6 Å². The maximum Gasteiger partial charge on any atom is 0.277 e. The van der Waals surface area contributed by atoms with Crippen LogP contribution in [0.5, 0.6) is 0 Å². The maximum atomic E-state index is 12.8. The van der Waals surface area contributed by atoms with E-state index in [0.29, 0.717) is 24.2 Å². The fourth-order valence-electron chi connectivity index (χ4n) is 3.56. The van der Waals surface area contributed by atoms with E-state index in [-0.39, 0.29) is 27.5 Å². The molecule has 0 fully saturated rings. The van der Waals surface area contributed by atoms with E-state index >= 15 is 0 Å². The molecule has 0 spiro atoms. The van der Waals surface area contributed by atoms with Crippen LogP contribution in [-0.4, -0.2) is 47.5 Å². The Bertz CT molecular complexity index is 1390. The summed E-state index contributed by atoms with van der Waals surface area (Å²) in [6.07, 6.45) is 0. The van der Waals surface area contributed by atoms with E-state index < -0.39 is 10.0 Å². The van der Waals surface area contributed by atoms with E-state index in [4.69, 9.17) is 4.42 Å². The average molecular weight is 482 g/mol. The highest BCUT2D eigenvalue weighted by Crippen LogP contribution is 2.27. The molecule has 1 heterocycles. The van der Waals surface area contributed by atoms with Crippen LogP contribution in [-0.2, 0) is 10.0 Å². The molecule has 0 aliphatic carbocycles. The van der Waals surface area contributed by atoms with Crippen molar-refractivity contribution in [1.82, 2.24) is 14.5 Å². The second-order valence-corrected chi connectivity index (χ2v) is 10.1. The topological polar surface area (TPSA) is 93.4 Å². The Hall–Kier alpha value is -3.01. The normalized spacial score (nSPS) is 11.8. The van der Waals surface area contributed by atoms with Crippen molar-refractivity contribution >= 4 is 38.3 Å². The molecule has 0 saturated carbocycles. The fourth-order valence-corrected chi connectivity index (χ4v) is 5.71. The Morgan fingerprint density at radius 3 is 2.48 bits per heavy atom. The zero-order valence-electron chi connectivity index (χ0n) is 18.3. The van der Waals surface area contributed by atoms with Gasteiger partial charge in [0.15, 0.2) is 5.78 Å². The van der Waals surface area contributed by atoms with Crippen LogP contribution in [0.15, 0.2) is 81.3 Å². The summed E-state index contributed by atoms with van der Waals surface area (Å²) in [6, 6.07) is 19.8. The lowest BCUT2D eigenvalue weighted by atomic mass is 10.0. The number of ketones is 1. The molecule has 4 rings (SSSR count). The van der Waals surface area contributed by atoms with E-state index in [1.54, 1.807) is 32.0 Å². The van der Waals surface area contributed by atoms with Crippen LogP contribution in [0.25, 0.3) is 22.2 Å². The highest BCUT2D eigenvalue weighted by atomic mass is 32.2. The summed E-state index contributed by atoms with van der Waals surface area (Å²) in [5.74, 6) is 0.307. The molecule has 0 atom stereocenters. The van der Waals surface area contributed by atoms with Gasteiger partial charge < -0.3 is 4.42 Å². The van der Waals surface area contributed by atoms with Gasteiger partial charge in [-0.25, -0.2) is 8.42 Å². The van der Waals surface area contributed by atoms with Crippen LogP contribution in [0.2, 0.25) is 0 Å². The first-order valence-corrected chi connectivity index (χ1v) is 12.9. The highest BCUT2D eigenvalue weighted by Gasteiger charge is 2.23. The van der Waals surface area contributed by atoms with Gasteiger partial charge in [-0.3, -0.25) is 4.79 Å². The zero-order valence-corrected chi connectivity index (χ0v) is 19.9. The molecule has 0 aliphatic heterocycles. The van der Waals surface area contributed by atoms with E-state index in [1.807, 2.05) is 42.5 Å². The average Bonchev–Trinajstić information content (AvgIpc) is 3.32. The number of carbonyl (C=O) groups excluding carboxylic acids is 1. The number of benzene rings is 3. The summed E-state index contributed by atoms with van der Waals surface area (Å²) in [5.41, 5.74) is 1.15. The van der Waals surface area contributed by atoms with Crippen LogP contribution in [0.4, 0.5) is 0 Å². The quantitative estimate of drug-likeness (QED) is 0.248. The Labute approximate surface area is 196 Å². The molecule has 7 nitrogen and oxygen atoms in total. The lowest BCUT2D eigenvalue weighted by Crippen LogP contribution is -2.30. The summed E-state index contributed by atoms with van der Waals surface area (Å²) >= 11 is 1.15. The first-order valence-electron chi connectivity index (χ1n) is 10.5. The third-order valence-corrected chi connectivity index (χ3v) is 8.11. The van der Waals surface area contributed by atoms with Crippen molar-refractivity contribution in [1.29, 1.82) is 0 Å². The minimum Gasteiger partial charge on any atom is -0.411 e. The molecule has 170 valence electrons. The molecule has 9 heteroatoms. The van der Waals surface area contributed by atoms with Gasteiger partial charge in [-0.2, -0.15) is 4.31 Å². The summed E-state index contributed by atoms with van der Waals surface area (Å²) in [6.45, 7) is 4.36. The number of sulfonamides is 1. The van der Waals surface area contributed by atoms with Crippen molar-refractivity contribution in [3.63, 3.8) is 0 Å². The molecule has 1 aromatic heterocycles. The van der Waals surface area contributed by atoms with E-state index in [1.165, 1.54) is 10.4 Å². The number of aromatic nitrogens is 2. The van der Waals surface area contributed by atoms with Gasteiger partial charge in [0.25, 0.3) is 5.22 Å². The number of rotatable bonds is 9. The molecule has 0 N–H and O–H groups in total. The Kier molecular flexibility index (Phi) is 6.92. The van der Waals surface area contributed by atoms with Crippen molar-refractivity contribution in [3.8, 4) is 11.5 Å². The maximum absolute atomic E-state index is 12.8. The third-order valence-electron chi connectivity index (χ3n) is 5.25. The second kappa shape index (κ2) is 9.86.